The molecule has 0 amide bonds. The van der Waals surface area contributed by atoms with Crippen molar-refractivity contribution < 1.29 is 28.2 Å². The normalized spacial score (nSPS) is 12.9. The second kappa shape index (κ2) is 5.40. The second-order valence-electron chi connectivity index (χ2n) is 4.01. The third-order valence-electron chi connectivity index (χ3n) is 2.60. The van der Waals surface area contributed by atoms with Gasteiger partial charge in [-0.2, -0.15) is 0 Å². The largest absolute Gasteiger partial charge is 0.493 e. The Balaban J connectivity index is 3.51. The lowest BCUT2D eigenvalue weighted by Gasteiger charge is -2.20. The van der Waals surface area contributed by atoms with Crippen LogP contribution in [-0.4, -0.2) is 25.3 Å². The average molecular weight is 275 g/mol. The molecular formula is C12H15F2NO4. The third kappa shape index (κ3) is 3.11. The molecule has 106 valence electrons. The molecule has 0 saturated carbocycles. The number of hydrogen-bond acceptors (Lipinski definition) is 4. The van der Waals surface area contributed by atoms with Crippen LogP contribution < -0.4 is 15.2 Å². The number of carboxylic acids is 1. The van der Waals surface area contributed by atoms with E-state index in [9.17, 15) is 13.6 Å². The Morgan fingerprint density at radius 3 is 2.32 bits per heavy atom. The molecule has 0 aliphatic heterocycles. The van der Waals surface area contributed by atoms with Crippen molar-refractivity contribution in [3.8, 4) is 11.5 Å². The molecule has 1 aromatic rings. The van der Waals surface area contributed by atoms with E-state index in [4.69, 9.17) is 20.3 Å². The highest BCUT2D eigenvalue weighted by atomic mass is 19.3. The van der Waals surface area contributed by atoms with Crippen LogP contribution in [0.5, 0.6) is 11.5 Å². The maximum absolute atomic E-state index is 13.5. The predicted molar refractivity (Wildman–Crippen MR) is 63.7 cm³/mol. The molecule has 1 rings (SSSR count). The first-order valence-electron chi connectivity index (χ1n) is 5.35. The summed E-state index contributed by atoms with van der Waals surface area (Å²) < 4.78 is 36.9. The van der Waals surface area contributed by atoms with Crippen LogP contribution in [0.25, 0.3) is 0 Å². The standard InChI is InChI=1S/C12H15F2NO4/c1-12(13,14)7-4-6(9(15)11(16)17)5-8(18-2)10(7)19-3/h4-5,9H,15H2,1-3H3,(H,16,17). The van der Waals surface area contributed by atoms with Crippen LogP contribution in [0.2, 0.25) is 0 Å². The van der Waals surface area contributed by atoms with Gasteiger partial charge in [-0.15, -0.1) is 0 Å². The lowest BCUT2D eigenvalue weighted by Crippen LogP contribution is -2.22. The monoisotopic (exact) mass is 275 g/mol. The fourth-order valence-electron chi connectivity index (χ4n) is 1.63. The summed E-state index contributed by atoms with van der Waals surface area (Å²) in [6.07, 6.45) is 0. The van der Waals surface area contributed by atoms with Gasteiger partial charge in [-0.1, -0.05) is 0 Å². The predicted octanol–water partition coefficient (Wildman–Crippen LogP) is 1.90. The molecule has 0 heterocycles. The van der Waals surface area contributed by atoms with Gasteiger partial charge in [0.15, 0.2) is 11.5 Å². The molecule has 0 spiro atoms. The van der Waals surface area contributed by atoms with Crippen molar-refractivity contribution in [3.05, 3.63) is 23.3 Å². The number of rotatable bonds is 5. The van der Waals surface area contributed by atoms with Crippen LogP contribution in [-0.2, 0) is 10.7 Å². The maximum Gasteiger partial charge on any atom is 0.325 e. The number of carboxylic acid groups (broad SMARTS) is 1. The van der Waals surface area contributed by atoms with E-state index in [1.54, 1.807) is 0 Å². The van der Waals surface area contributed by atoms with Crippen LogP contribution in [0.1, 0.15) is 24.1 Å². The van der Waals surface area contributed by atoms with Gasteiger partial charge in [0.05, 0.1) is 19.8 Å². The van der Waals surface area contributed by atoms with Gasteiger partial charge in [0, 0.05) is 6.92 Å². The molecule has 1 atom stereocenters. The van der Waals surface area contributed by atoms with E-state index in [0.29, 0.717) is 6.92 Å². The van der Waals surface area contributed by atoms with E-state index in [-0.39, 0.29) is 17.1 Å². The Morgan fingerprint density at radius 2 is 1.95 bits per heavy atom. The number of carbonyl (C=O) groups is 1. The molecule has 7 heteroatoms. The minimum atomic E-state index is -3.22. The van der Waals surface area contributed by atoms with E-state index < -0.39 is 23.5 Å². The van der Waals surface area contributed by atoms with Gasteiger partial charge in [0.1, 0.15) is 6.04 Å². The number of hydrogen-bond donors (Lipinski definition) is 2. The summed E-state index contributed by atoms with van der Waals surface area (Å²) in [5, 5.41) is 8.83. The van der Waals surface area contributed by atoms with Gasteiger partial charge in [0.2, 0.25) is 0 Å². The van der Waals surface area contributed by atoms with E-state index in [1.165, 1.54) is 20.3 Å². The van der Waals surface area contributed by atoms with Crippen molar-refractivity contribution >= 4 is 5.97 Å². The molecule has 19 heavy (non-hydrogen) atoms. The zero-order valence-corrected chi connectivity index (χ0v) is 10.7. The number of alkyl halides is 2. The second-order valence-corrected chi connectivity index (χ2v) is 4.01. The van der Waals surface area contributed by atoms with Crippen LogP contribution in [0.15, 0.2) is 12.1 Å². The van der Waals surface area contributed by atoms with Crippen molar-refractivity contribution in [1.82, 2.24) is 0 Å². The Kier molecular flexibility index (Phi) is 4.31. The fourth-order valence-corrected chi connectivity index (χ4v) is 1.63. The zero-order chi connectivity index (χ0) is 14.8. The van der Waals surface area contributed by atoms with Crippen molar-refractivity contribution in [2.24, 2.45) is 5.73 Å². The summed E-state index contributed by atoms with van der Waals surface area (Å²) in [4.78, 5) is 10.8. The number of aliphatic carboxylic acids is 1. The number of benzene rings is 1. The van der Waals surface area contributed by atoms with Gasteiger partial charge in [-0.05, 0) is 17.7 Å². The number of ether oxygens (including phenoxy) is 2. The highest BCUT2D eigenvalue weighted by Crippen LogP contribution is 2.42. The van der Waals surface area contributed by atoms with Crippen LogP contribution >= 0.6 is 0 Å². The van der Waals surface area contributed by atoms with Crippen molar-refractivity contribution in [3.63, 3.8) is 0 Å². The molecule has 0 saturated heterocycles. The lowest BCUT2D eigenvalue weighted by atomic mass is 9.99. The van der Waals surface area contributed by atoms with Crippen LogP contribution in [0.3, 0.4) is 0 Å². The van der Waals surface area contributed by atoms with Gasteiger partial charge in [-0.3, -0.25) is 4.79 Å². The summed E-state index contributed by atoms with van der Waals surface area (Å²) in [7, 11) is 2.50. The summed E-state index contributed by atoms with van der Waals surface area (Å²) in [6.45, 7) is 0.681. The fraction of sp³-hybridized carbons (Fsp3) is 0.417. The molecule has 0 radical (unpaired) electrons. The SMILES string of the molecule is COc1cc(C(N)C(=O)O)cc(C(C)(F)F)c1OC. The average Bonchev–Trinajstić information content (AvgIpc) is 2.34. The smallest absolute Gasteiger partial charge is 0.325 e. The van der Waals surface area contributed by atoms with E-state index in [2.05, 4.69) is 0 Å². The number of nitrogens with two attached hydrogens (primary N) is 1. The maximum atomic E-state index is 13.5. The first kappa shape index (κ1) is 15.2. The highest BCUT2D eigenvalue weighted by Gasteiger charge is 2.32. The van der Waals surface area contributed by atoms with Gasteiger partial charge < -0.3 is 20.3 Å². The van der Waals surface area contributed by atoms with Crippen molar-refractivity contribution in [2.75, 3.05) is 14.2 Å². The Morgan fingerprint density at radius 1 is 1.37 bits per heavy atom. The van der Waals surface area contributed by atoms with E-state index in [0.717, 1.165) is 6.07 Å². The van der Waals surface area contributed by atoms with E-state index >= 15 is 0 Å². The molecule has 0 fully saturated rings. The molecule has 1 unspecified atom stereocenters. The highest BCUT2D eigenvalue weighted by molar-refractivity contribution is 5.76. The molecule has 3 N–H and O–H groups in total. The molecule has 0 aliphatic carbocycles. The molecule has 0 bridgehead atoms. The minimum Gasteiger partial charge on any atom is -0.493 e. The van der Waals surface area contributed by atoms with Gasteiger partial charge >= 0.3 is 5.97 Å². The minimum absolute atomic E-state index is 0.00762. The third-order valence-corrected chi connectivity index (χ3v) is 2.60. The van der Waals surface area contributed by atoms with Crippen molar-refractivity contribution in [1.29, 1.82) is 0 Å². The van der Waals surface area contributed by atoms with Gasteiger partial charge in [-0.25, -0.2) is 8.78 Å². The first-order valence-corrected chi connectivity index (χ1v) is 5.35. The van der Waals surface area contributed by atoms with Crippen LogP contribution in [0.4, 0.5) is 8.78 Å². The molecule has 0 aliphatic rings. The summed E-state index contributed by atoms with van der Waals surface area (Å²) >= 11 is 0. The lowest BCUT2D eigenvalue weighted by molar-refractivity contribution is -0.138. The summed E-state index contributed by atoms with van der Waals surface area (Å²) in [6, 6.07) is 0.869. The summed E-state index contributed by atoms with van der Waals surface area (Å²) in [5.74, 6) is -4.67. The Bertz CT molecular complexity index is 485. The number of methoxy groups -OCH3 is 2. The van der Waals surface area contributed by atoms with E-state index in [1.807, 2.05) is 0 Å². The molecular weight excluding hydrogens is 260 g/mol. The molecule has 5 nitrogen and oxygen atoms in total. The summed E-state index contributed by atoms with van der Waals surface area (Å²) in [5.41, 5.74) is 4.97. The Hall–Kier alpha value is -1.89. The molecule has 0 aromatic heterocycles. The zero-order valence-electron chi connectivity index (χ0n) is 10.7. The topological polar surface area (TPSA) is 81.8 Å². The van der Waals surface area contributed by atoms with Crippen molar-refractivity contribution in [2.45, 2.75) is 18.9 Å². The Labute approximate surface area is 108 Å². The first-order chi connectivity index (χ1) is 8.72. The molecule has 1 aromatic carbocycles. The van der Waals surface area contributed by atoms with Crippen LogP contribution in [0, 0.1) is 0 Å². The van der Waals surface area contributed by atoms with Gasteiger partial charge in [0.25, 0.3) is 5.92 Å². The number of halogens is 2. The quantitative estimate of drug-likeness (QED) is 0.857.